The highest BCUT2D eigenvalue weighted by Gasteiger charge is 2.26. The van der Waals surface area contributed by atoms with Gasteiger partial charge in [0.2, 0.25) is 0 Å². The number of carbonyl (C=O) groups is 2. The number of fused-ring (bicyclic) bond motifs is 2. The normalized spacial score (nSPS) is 14.1. The van der Waals surface area contributed by atoms with Gasteiger partial charge in [0.1, 0.15) is 5.76 Å². The molecule has 4 aromatic rings. The van der Waals surface area contributed by atoms with Crippen LogP contribution in [-0.2, 0) is 16.0 Å². The van der Waals surface area contributed by atoms with Gasteiger partial charge in [-0.05, 0) is 66.8 Å². The van der Waals surface area contributed by atoms with E-state index in [9.17, 15) is 9.59 Å². The predicted octanol–water partition coefficient (Wildman–Crippen LogP) is 6.15. The Bertz CT molecular complexity index is 1410. The minimum atomic E-state index is -0.552. The van der Waals surface area contributed by atoms with Crippen molar-refractivity contribution in [3.63, 3.8) is 0 Å². The highest BCUT2D eigenvalue weighted by molar-refractivity contribution is 6.33. The molecule has 0 saturated carbocycles. The summed E-state index contributed by atoms with van der Waals surface area (Å²) >= 11 is 6.09. The first kappa shape index (κ1) is 21.9. The number of rotatable bonds is 5. The fourth-order valence-electron chi connectivity index (χ4n) is 4.21. The van der Waals surface area contributed by atoms with E-state index in [1.54, 1.807) is 30.5 Å². The number of esters is 1. The Morgan fingerprint density at radius 2 is 1.88 bits per heavy atom. The third-order valence-electron chi connectivity index (χ3n) is 5.72. The molecule has 0 atom stereocenters. The summed E-state index contributed by atoms with van der Waals surface area (Å²) < 4.78 is 10.9. The fraction of sp³-hybridized carbons (Fsp3) is 0.148. The summed E-state index contributed by atoms with van der Waals surface area (Å²) in [5, 5.41) is 3.78. The summed E-state index contributed by atoms with van der Waals surface area (Å²) in [6.07, 6.45) is 5.98. The van der Waals surface area contributed by atoms with Crippen LogP contribution in [0.2, 0.25) is 5.02 Å². The quantitative estimate of drug-likeness (QED) is 0.352. The van der Waals surface area contributed by atoms with E-state index in [0.717, 1.165) is 35.4 Å². The van der Waals surface area contributed by atoms with Gasteiger partial charge in [0, 0.05) is 5.39 Å². The third-order valence-corrected chi connectivity index (χ3v) is 6.05. The molecule has 34 heavy (non-hydrogen) atoms. The van der Waals surface area contributed by atoms with Crippen molar-refractivity contribution < 1.29 is 18.7 Å². The maximum absolute atomic E-state index is 13.3. The van der Waals surface area contributed by atoms with Gasteiger partial charge in [-0.1, -0.05) is 41.9 Å². The molecule has 1 amide bonds. The van der Waals surface area contributed by atoms with Crippen LogP contribution in [-0.4, -0.2) is 23.5 Å². The molecule has 7 heteroatoms. The Morgan fingerprint density at radius 1 is 1.06 bits per heavy atom. The van der Waals surface area contributed by atoms with Gasteiger partial charge in [0.25, 0.3) is 5.91 Å². The van der Waals surface area contributed by atoms with Crippen molar-refractivity contribution in [1.29, 1.82) is 0 Å². The maximum atomic E-state index is 13.3. The molecule has 2 aromatic carbocycles. The van der Waals surface area contributed by atoms with E-state index in [1.165, 1.54) is 0 Å². The number of amides is 1. The Labute approximate surface area is 201 Å². The first-order chi connectivity index (χ1) is 16.6. The maximum Gasteiger partial charge on any atom is 0.339 e. The Morgan fingerprint density at radius 3 is 2.71 bits per heavy atom. The van der Waals surface area contributed by atoms with Gasteiger partial charge in [-0.3, -0.25) is 4.79 Å². The second-order valence-corrected chi connectivity index (χ2v) is 8.38. The van der Waals surface area contributed by atoms with Crippen molar-refractivity contribution in [2.45, 2.75) is 19.3 Å². The number of furan rings is 1. The van der Waals surface area contributed by atoms with Gasteiger partial charge in [0.05, 0.1) is 33.7 Å². The van der Waals surface area contributed by atoms with Gasteiger partial charge in [0.15, 0.2) is 6.61 Å². The molecule has 6 nitrogen and oxygen atoms in total. The zero-order valence-electron chi connectivity index (χ0n) is 18.2. The predicted molar refractivity (Wildman–Crippen MR) is 132 cm³/mol. The van der Waals surface area contributed by atoms with Gasteiger partial charge < -0.3 is 14.5 Å². The smallest absolute Gasteiger partial charge is 0.339 e. The summed E-state index contributed by atoms with van der Waals surface area (Å²) in [5.41, 5.74) is 4.22. The van der Waals surface area contributed by atoms with E-state index >= 15 is 0 Å². The molecule has 0 fully saturated rings. The first-order valence-electron chi connectivity index (χ1n) is 11.0. The molecule has 5 rings (SSSR count). The minimum Gasteiger partial charge on any atom is -0.465 e. The molecule has 0 aliphatic heterocycles. The molecule has 0 spiro atoms. The van der Waals surface area contributed by atoms with Gasteiger partial charge >= 0.3 is 5.97 Å². The Hall–Kier alpha value is -3.90. The number of anilines is 1. The number of pyridine rings is 1. The largest absolute Gasteiger partial charge is 0.465 e. The number of hydrogen-bond acceptors (Lipinski definition) is 5. The number of para-hydroxylation sites is 2. The van der Waals surface area contributed by atoms with Crippen molar-refractivity contribution in [2.75, 3.05) is 11.9 Å². The number of allylic oxidation sites excluding steroid dienone is 1. The van der Waals surface area contributed by atoms with Crippen LogP contribution in [0, 0.1) is 0 Å². The summed E-state index contributed by atoms with van der Waals surface area (Å²) in [5.74, 6) is -0.284. The summed E-state index contributed by atoms with van der Waals surface area (Å²) in [6, 6.07) is 18.1. The number of aromatic nitrogens is 1. The van der Waals surface area contributed by atoms with E-state index in [4.69, 9.17) is 25.7 Å². The highest BCUT2D eigenvalue weighted by atomic mass is 35.5. The molecule has 0 saturated heterocycles. The average molecular weight is 473 g/mol. The topological polar surface area (TPSA) is 81.4 Å². The van der Waals surface area contributed by atoms with Crippen molar-refractivity contribution in [3.8, 4) is 0 Å². The lowest BCUT2D eigenvalue weighted by Crippen LogP contribution is -2.22. The molecule has 0 bridgehead atoms. The Kier molecular flexibility index (Phi) is 6.14. The number of ether oxygens (including phenoxy) is 1. The number of benzene rings is 2. The van der Waals surface area contributed by atoms with Crippen LogP contribution in [0.5, 0.6) is 0 Å². The summed E-state index contributed by atoms with van der Waals surface area (Å²) in [4.78, 5) is 30.6. The van der Waals surface area contributed by atoms with Gasteiger partial charge in [-0.2, -0.15) is 0 Å². The molecule has 1 aliphatic rings. The van der Waals surface area contributed by atoms with E-state index < -0.39 is 18.5 Å². The third kappa shape index (κ3) is 4.45. The second kappa shape index (κ2) is 9.53. The standard InChI is InChI=1S/C27H21ClN2O4/c28-21-11-2-4-13-23(21)29-24(31)16-34-27(32)25-19-9-1-3-12-22(19)30-26-17(7-5-10-20(25)26)15-18-8-6-14-33-18/h1-4,6,8-9,11-15H,5,7,10,16H2,(H,29,31). The SMILES string of the molecule is O=C(COC(=O)c1c2c(nc3ccccc13)C(=Cc1ccco1)CCC2)Nc1ccccc1Cl. The van der Waals surface area contributed by atoms with E-state index in [-0.39, 0.29) is 0 Å². The van der Waals surface area contributed by atoms with Crippen LogP contribution < -0.4 is 5.32 Å². The summed E-state index contributed by atoms with van der Waals surface area (Å²) in [7, 11) is 0. The zero-order chi connectivity index (χ0) is 23.5. The van der Waals surface area contributed by atoms with Crippen molar-refractivity contribution in [3.05, 3.63) is 94.5 Å². The molecule has 1 aliphatic carbocycles. The summed E-state index contributed by atoms with van der Waals surface area (Å²) in [6.45, 7) is -0.426. The van der Waals surface area contributed by atoms with Crippen LogP contribution in [0.25, 0.3) is 22.6 Å². The second-order valence-electron chi connectivity index (χ2n) is 7.97. The van der Waals surface area contributed by atoms with Gasteiger partial charge in [-0.15, -0.1) is 0 Å². The lowest BCUT2D eigenvalue weighted by atomic mass is 9.86. The van der Waals surface area contributed by atoms with Crippen LogP contribution in [0.4, 0.5) is 5.69 Å². The molecule has 0 radical (unpaired) electrons. The Balaban J connectivity index is 1.46. The number of carbonyl (C=O) groups excluding carboxylic acids is 2. The monoisotopic (exact) mass is 472 g/mol. The van der Waals surface area contributed by atoms with E-state index in [1.807, 2.05) is 42.5 Å². The molecule has 1 N–H and O–H groups in total. The molecule has 2 aromatic heterocycles. The van der Waals surface area contributed by atoms with Crippen molar-refractivity contribution in [1.82, 2.24) is 4.98 Å². The molecular formula is C27H21ClN2O4. The van der Waals surface area contributed by atoms with Crippen LogP contribution in [0.1, 0.15) is 40.2 Å². The van der Waals surface area contributed by atoms with E-state index in [0.29, 0.717) is 33.6 Å². The molecular weight excluding hydrogens is 452 g/mol. The number of nitrogens with one attached hydrogen (secondary N) is 1. The lowest BCUT2D eigenvalue weighted by molar-refractivity contribution is -0.119. The number of hydrogen-bond donors (Lipinski definition) is 1. The van der Waals surface area contributed by atoms with Crippen LogP contribution in [0.15, 0.2) is 71.3 Å². The average Bonchev–Trinajstić information content (AvgIpc) is 3.36. The van der Waals surface area contributed by atoms with Gasteiger partial charge in [-0.25, -0.2) is 9.78 Å². The minimum absolute atomic E-state index is 0.409. The molecule has 170 valence electrons. The first-order valence-corrected chi connectivity index (χ1v) is 11.4. The van der Waals surface area contributed by atoms with Crippen LogP contribution in [0.3, 0.4) is 0 Å². The van der Waals surface area contributed by atoms with E-state index in [2.05, 4.69) is 5.32 Å². The lowest BCUT2D eigenvalue weighted by Gasteiger charge is -2.22. The van der Waals surface area contributed by atoms with Crippen LogP contribution >= 0.6 is 11.6 Å². The zero-order valence-corrected chi connectivity index (χ0v) is 19.0. The molecule has 0 unspecified atom stereocenters. The number of nitrogens with zero attached hydrogens (tertiary/aromatic N) is 1. The molecule has 2 heterocycles. The highest BCUT2D eigenvalue weighted by Crippen LogP contribution is 2.36. The number of halogens is 1. The fourth-order valence-corrected chi connectivity index (χ4v) is 4.39. The van der Waals surface area contributed by atoms with Crippen molar-refractivity contribution >= 4 is 51.7 Å². The van der Waals surface area contributed by atoms with Crippen molar-refractivity contribution in [2.24, 2.45) is 0 Å².